The van der Waals surface area contributed by atoms with Gasteiger partial charge in [0.2, 0.25) is 0 Å². The van der Waals surface area contributed by atoms with E-state index in [-0.39, 0.29) is 0 Å². The number of aromatic nitrogens is 3. The van der Waals surface area contributed by atoms with E-state index >= 15 is 0 Å². The van der Waals surface area contributed by atoms with Crippen LogP contribution in [0.25, 0.3) is 100 Å². The Morgan fingerprint density at radius 2 is 0.595 bits per heavy atom. The Morgan fingerprint density at radius 1 is 0.257 bits per heavy atom. The molecule has 0 radical (unpaired) electrons. The van der Waals surface area contributed by atoms with Gasteiger partial charge in [-0.05, 0) is 97.1 Å². The van der Waals surface area contributed by atoms with Crippen molar-refractivity contribution in [2.45, 2.75) is 0 Å². The summed E-state index contributed by atoms with van der Waals surface area (Å²) < 4.78 is 4.88. The number of para-hydroxylation sites is 8. The van der Waals surface area contributed by atoms with Gasteiger partial charge in [0.1, 0.15) is 0 Å². The van der Waals surface area contributed by atoms with E-state index in [2.05, 4.69) is 292 Å². The van der Waals surface area contributed by atoms with Gasteiger partial charge < -0.3 is 18.9 Å². The lowest BCUT2D eigenvalue weighted by Crippen LogP contribution is -2.11. The molecule has 13 aromatic rings. The SMILES string of the molecule is c1ccc(-n2c3c(c4ccccc42)-c2ccccc2N(c2cccc(-c4cccc(-c5cccc(N6c7ccccc7-c7c(n(-c8ccccc8)c8ccccc78)-c7ccccc76)c5)n4)c2)c2ccccc2-3)cc1. The fourth-order valence-corrected chi connectivity index (χ4v) is 11.9. The first kappa shape index (κ1) is 41.8. The van der Waals surface area contributed by atoms with Crippen LogP contribution in [0.4, 0.5) is 34.1 Å². The highest BCUT2D eigenvalue weighted by atomic mass is 15.2. The minimum Gasteiger partial charge on any atom is -0.309 e. The first-order valence-corrected chi connectivity index (χ1v) is 25.3. The quantitative estimate of drug-likeness (QED) is 0.166. The topological polar surface area (TPSA) is 29.2 Å². The molecule has 15 rings (SSSR count). The van der Waals surface area contributed by atoms with Crippen molar-refractivity contribution in [1.82, 2.24) is 14.1 Å². The summed E-state index contributed by atoms with van der Waals surface area (Å²) in [5.41, 5.74) is 24.6. The smallest absolute Gasteiger partial charge is 0.0710 e. The number of rotatable bonds is 6. The van der Waals surface area contributed by atoms with Crippen molar-refractivity contribution in [3.63, 3.8) is 0 Å². The molecule has 0 N–H and O–H groups in total. The molecule has 2 aliphatic rings. The number of anilines is 6. The molecule has 5 heteroatoms. The number of pyridine rings is 1. The molecule has 74 heavy (non-hydrogen) atoms. The van der Waals surface area contributed by atoms with Crippen LogP contribution in [-0.2, 0) is 0 Å². The van der Waals surface area contributed by atoms with E-state index in [0.717, 1.165) is 79.1 Å². The molecule has 5 heterocycles. The van der Waals surface area contributed by atoms with Gasteiger partial charge in [0.05, 0.1) is 56.6 Å². The predicted molar refractivity (Wildman–Crippen MR) is 307 cm³/mol. The van der Waals surface area contributed by atoms with Gasteiger partial charge >= 0.3 is 0 Å². The van der Waals surface area contributed by atoms with Gasteiger partial charge in [0, 0.05) is 78.0 Å². The molecule has 0 amide bonds. The van der Waals surface area contributed by atoms with Crippen LogP contribution in [-0.4, -0.2) is 14.1 Å². The molecule has 0 atom stereocenters. The molecule has 3 aromatic heterocycles. The zero-order valence-corrected chi connectivity index (χ0v) is 40.2. The van der Waals surface area contributed by atoms with E-state index in [9.17, 15) is 0 Å². The summed E-state index contributed by atoms with van der Waals surface area (Å²) in [6, 6.07) is 98.7. The Balaban J connectivity index is 0.848. The average Bonchev–Trinajstić information content (AvgIpc) is 3.92. The summed E-state index contributed by atoms with van der Waals surface area (Å²) in [6.45, 7) is 0. The van der Waals surface area contributed by atoms with Gasteiger partial charge in [-0.3, -0.25) is 0 Å². The second kappa shape index (κ2) is 16.8. The molecule has 0 aliphatic carbocycles. The van der Waals surface area contributed by atoms with Crippen LogP contribution in [0.15, 0.2) is 273 Å². The predicted octanol–water partition coefficient (Wildman–Crippen LogP) is 18.5. The number of benzene rings is 10. The Bertz CT molecular complexity index is 4060. The Hall–Kier alpha value is -9.97. The second-order valence-electron chi connectivity index (χ2n) is 19.1. The monoisotopic (exact) mass is 943 g/mol. The molecule has 0 fully saturated rings. The van der Waals surface area contributed by atoms with Crippen LogP contribution in [0.5, 0.6) is 0 Å². The lowest BCUT2D eigenvalue weighted by molar-refractivity contribution is 1.13. The van der Waals surface area contributed by atoms with Gasteiger partial charge in [-0.15, -0.1) is 0 Å². The molecule has 346 valence electrons. The molecule has 0 unspecified atom stereocenters. The summed E-state index contributed by atoms with van der Waals surface area (Å²) in [6.07, 6.45) is 0. The Morgan fingerprint density at radius 3 is 1.04 bits per heavy atom. The maximum absolute atomic E-state index is 5.46. The van der Waals surface area contributed by atoms with Crippen LogP contribution in [0.1, 0.15) is 0 Å². The number of fused-ring (bicyclic) bond motifs is 14. The molecule has 0 spiro atoms. The van der Waals surface area contributed by atoms with Gasteiger partial charge in [-0.25, -0.2) is 4.98 Å². The van der Waals surface area contributed by atoms with E-state index < -0.39 is 0 Å². The summed E-state index contributed by atoms with van der Waals surface area (Å²) in [5, 5.41) is 2.44. The van der Waals surface area contributed by atoms with E-state index in [1.165, 1.54) is 55.4 Å². The first-order valence-electron chi connectivity index (χ1n) is 25.3. The third kappa shape index (κ3) is 6.40. The number of hydrogen-bond acceptors (Lipinski definition) is 3. The van der Waals surface area contributed by atoms with Crippen molar-refractivity contribution in [2.75, 3.05) is 9.80 Å². The van der Waals surface area contributed by atoms with Crippen LogP contribution in [0.3, 0.4) is 0 Å². The molecule has 0 saturated carbocycles. The lowest BCUT2D eigenvalue weighted by atomic mass is 9.98. The van der Waals surface area contributed by atoms with Gasteiger partial charge in [0.25, 0.3) is 0 Å². The fraction of sp³-hybridized carbons (Fsp3) is 0. The molecule has 0 bridgehead atoms. The van der Waals surface area contributed by atoms with Crippen molar-refractivity contribution in [2.24, 2.45) is 0 Å². The van der Waals surface area contributed by atoms with E-state index in [1.807, 2.05) is 0 Å². The fourth-order valence-electron chi connectivity index (χ4n) is 11.9. The standard InChI is InChI=1S/C69H45N5/c1-3-24-48(25-4-1)73-62-40-15-9-32-54(62)66-52-30-7-13-38-60(52)71(64-42-17-11-34-56(64)68(66)73)50-28-19-22-46(44-50)58-36-21-37-59(70-58)47-23-20-29-51(45-47)72-61-39-14-8-31-53(61)67-55-33-10-16-41-63(55)74(49-26-5-2-6-27-49)69(67)57-35-12-18-43-65(57)72/h1-45H. The highest BCUT2D eigenvalue weighted by Gasteiger charge is 2.33. The third-order valence-electron chi connectivity index (χ3n) is 15.0. The molecular weight excluding hydrogens is 899 g/mol. The average molecular weight is 944 g/mol. The molecule has 5 nitrogen and oxygen atoms in total. The highest BCUT2D eigenvalue weighted by molar-refractivity contribution is 6.14. The minimum absolute atomic E-state index is 0.904. The summed E-state index contributed by atoms with van der Waals surface area (Å²) in [5.74, 6) is 0. The summed E-state index contributed by atoms with van der Waals surface area (Å²) >= 11 is 0. The number of nitrogens with zero attached hydrogens (tertiary/aromatic N) is 5. The largest absolute Gasteiger partial charge is 0.309 e. The molecular formula is C69H45N5. The van der Waals surface area contributed by atoms with Crippen molar-refractivity contribution >= 4 is 55.9 Å². The summed E-state index contributed by atoms with van der Waals surface area (Å²) in [7, 11) is 0. The zero-order chi connectivity index (χ0) is 48.7. The maximum atomic E-state index is 5.46. The lowest BCUT2D eigenvalue weighted by Gasteiger charge is -2.28. The van der Waals surface area contributed by atoms with E-state index in [1.54, 1.807) is 0 Å². The van der Waals surface area contributed by atoms with Crippen LogP contribution in [0.2, 0.25) is 0 Å². The van der Waals surface area contributed by atoms with Crippen LogP contribution < -0.4 is 9.80 Å². The normalized spacial score (nSPS) is 12.3. The highest BCUT2D eigenvalue weighted by Crippen LogP contribution is 2.56. The molecule has 2 aliphatic heterocycles. The van der Waals surface area contributed by atoms with Crippen LogP contribution >= 0.6 is 0 Å². The van der Waals surface area contributed by atoms with Crippen molar-refractivity contribution in [3.05, 3.63) is 273 Å². The Kier molecular flexibility index (Phi) is 9.50. The van der Waals surface area contributed by atoms with E-state index in [4.69, 9.17) is 4.98 Å². The van der Waals surface area contributed by atoms with Gasteiger partial charge in [0.15, 0.2) is 0 Å². The van der Waals surface area contributed by atoms with Gasteiger partial charge in [-0.1, -0.05) is 176 Å². The zero-order valence-electron chi connectivity index (χ0n) is 40.2. The van der Waals surface area contributed by atoms with Crippen molar-refractivity contribution in [3.8, 4) is 78.7 Å². The van der Waals surface area contributed by atoms with E-state index in [0.29, 0.717) is 0 Å². The first-order chi connectivity index (χ1) is 36.8. The third-order valence-corrected chi connectivity index (χ3v) is 15.0. The minimum atomic E-state index is 0.904. The Labute approximate surface area is 429 Å². The van der Waals surface area contributed by atoms with Crippen molar-refractivity contribution < 1.29 is 0 Å². The summed E-state index contributed by atoms with van der Waals surface area (Å²) in [4.78, 5) is 10.3. The molecule has 0 saturated heterocycles. The maximum Gasteiger partial charge on any atom is 0.0710 e. The second-order valence-corrected chi connectivity index (χ2v) is 19.1. The molecule has 10 aromatic carbocycles. The number of hydrogen-bond donors (Lipinski definition) is 0. The van der Waals surface area contributed by atoms with Gasteiger partial charge in [-0.2, -0.15) is 0 Å². The van der Waals surface area contributed by atoms with Crippen molar-refractivity contribution in [1.29, 1.82) is 0 Å². The van der Waals surface area contributed by atoms with Crippen LogP contribution in [0, 0.1) is 0 Å².